The molecule has 0 saturated carbocycles. The van der Waals surface area contributed by atoms with E-state index in [1.54, 1.807) is 0 Å². The van der Waals surface area contributed by atoms with Gasteiger partial charge in [-0.3, -0.25) is 0 Å². The molecule has 2 N–H and O–H groups in total. The molecule has 4 heteroatoms. The number of halogens is 2. The predicted octanol–water partition coefficient (Wildman–Crippen LogP) is 0.493. The lowest BCUT2D eigenvalue weighted by atomic mass is 10.0. The molecule has 1 unspecified atom stereocenters. The first kappa shape index (κ1) is 10.5. The van der Waals surface area contributed by atoms with E-state index in [0.717, 1.165) is 12.5 Å². The molecule has 2 bridgehead atoms. The topological polar surface area (TPSA) is 29.3 Å². The fourth-order valence-electron chi connectivity index (χ4n) is 1.83. The van der Waals surface area contributed by atoms with Gasteiger partial charge in [0.1, 0.15) is 0 Å². The zero-order valence-electron chi connectivity index (χ0n) is 5.82. The van der Waals surface area contributed by atoms with E-state index in [1.807, 2.05) is 0 Å². The first-order valence-electron chi connectivity index (χ1n) is 3.34. The van der Waals surface area contributed by atoms with Crippen LogP contribution in [0.1, 0.15) is 6.42 Å². The van der Waals surface area contributed by atoms with E-state index < -0.39 is 0 Å². The molecule has 0 radical (unpaired) electrons. The maximum Gasteiger partial charge on any atom is 0.0209 e. The minimum Gasteiger partial charge on any atom is -0.326 e. The molecule has 0 aromatic carbocycles. The van der Waals surface area contributed by atoms with Crippen molar-refractivity contribution in [1.29, 1.82) is 0 Å². The second kappa shape index (κ2) is 3.77. The van der Waals surface area contributed by atoms with Crippen molar-refractivity contribution in [3.8, 4) is 0 Å². The average molecular weight is 185 g/mol. The minimum atomic E-state index is 0. The van der Waals surface area contributed by atoms with Crippen LogP contribution in [-0.2, 0) is 0 Å². The van der Waals surface area contributed by atoms with Crippen LogP contribution in [0.4, 0.5) is 0 Å². The second-order valence-electron chi connectivity index (χ2n) is 2.97. The number of hydrogen-bond donors (Lipinski definition) is 1. The number of hydrogen-bond acceptors (Lipinski definition) is 2. The summed E-state index contributed by atoms with van der Waals surface area (Å²) < 4.78 is 0. The molecular weight excluding hydrogens is 171 g/mol. The Labute approximate surface area is 74.0 Å². The molecule has 0 aromatic rings. The van der Waals surface area contributed by atoms with Gasteiger partial charge in [-0.15, -0.1) is 24.8 Å². The van der Waals surface area contributed by atoms with E-state index in [0.29, 0.717) is 6.04 Å². The predicted molar refractivity (Wildman–Crippen MR) is 47.0 cm³/mol. The maximum absolute atomic E-state index is 5.78. The smallest absolute Gasteiger partial charge is 0.0209 e. The quantitative estimate of drug-likeness (QED) is 0.595. The summed E-state index contributed by atoms with van der Waals surface area (Å²) in [4.78, 5) is 2.45. The molecule has 3 atom stereocenters. The van der Waals surface area contributed by atoms with Crippen molar-refractivity contribution in [2.45, 2.75) is 12.5 Å². The molecule has 2 saturated heterocycles. The molecule has 0 spiro atoms. The highest BCUT2D eigenvalue weighted by Crippen LogP contribution is 2.25. The maximum atomic E-state index is 5.78. The average Bonchev–Trinajstić information content (AvgIpc) is 2.23. The van der Waals surface area contributed by atoms with Gasteiger partial charge in [-0.2, -0.15) is 0 Å². The van der Waals surface area contributed by atoms with E-state index in [9.17, 15) is 0 Å². The zero-order chi connectivity index (χ0) is 5.56. The second-order valence-corrected chi connectivity index (χ2v) is 2.97. The molecule has 2 aliphatic heterocycles. The van der Waals surface area contributed by atoms with Crippen LogP contribution in [0.25, 0.3) is 0 Å². The Morgan fingerprint density at radius 3 is 2.10 bits per heavy atom. The van der Waals surface area contributed by atoms with Gasteiger partial charge >= 0.3 is 0 Å². The van der Waals surface area contributed by atoms with Gasteiger partial charge in [0.2, 0.25) is 0 Å². The lowest BCUT2D eigenvalue weighted by Gasteiger charge is -2.16. The van der Waals surface area contributed by atoms with Gasteiger partial charge < -0.3 is 10.6 Å². The van der Waals surface area contributed by atoms with Gasteiger partial charge in [0.05, 0.1) is 0 Å². The zero-order valence-corrected chi connectivity index (χ0v) is 7.46. The normalized spacial score (nSPS) is 42.3. The minimum absolute atomic E-state index is 0. The fourth-order valence-corrected chi connectivity index (χ4v) is 1.83. The number of nitrogens with zero attached hydrogens (tertiary/aromatic N) is 1. The summed E-state index contributed by atoms with van der Waals surface area (Å²) in [5.74, 6) is 0.843. The van der Waals surface area contributed by atoms with Crippen molar-refractivity contribution >= 4 is 24.8 Å². The molecule has 0 amide bonds. The van der Waals surface area contributed by atoms with E-state index >= 15 is 0 Å². The molecule has 2 aliphatic rings. The van der Waals surface area contributed by atoms with Gasteiger partial charge in [0, 0.05) is 19.1 Å². The number of nitrogens with two attached hydrogens (primary N) is 1. The standard InChI is InChI=1S/C6H12N2.2ClH/c7-6-4-8-2-1-5(6)3-8;;/h5-6H,1-4,7H2;2*1H/t5-,6-;;/m0../s1. The van der Waals surface area contributed by atoms with Gasteiger partial charge in [0.15, 0.2) is 0 Å². The van der Waals surface area contributed by atoms with Crippen LogP contribution >= 0.6 is 24.8 Å². The Kier molecular flexibility index (Phi) is 3.95. The van der Waals surface area contributed by atoms with Crippen LogP contribution in [0.3, 0.4) is 0 Å². The van der Waals surface area contributed by atoms with Crippen molar-refractivity contribution in [2.24, 2.45) is 11.7 Å². The SMILES string of the molecule is Cl.Cl.N[C@H]1CN2CC[C@H]1C2. The van der Waals surface area contributed by atoms with Crippen molar-refractivity contribution in [1.82, 2.24) is 4.90 Å². The first-order valence-corrected chi connectivity index (χ1v) is 3.34. The van der Waals surface area contributed by atoms with Crippen LogP contribution in [-0.4, -0.2) is 30.6 Å². The molecule has 2 rings (SSSR count). The Morgan fingerprint density at radius 2 is 1.90 bits per heavy atom. The summed E-state index contributed by atoms with van der Waals surface area (Å²) in [6, 6.07) is 0.503. The molecule has 0 aliphatic carbocycles. The summed E-state index contributed by atoms with van der Waals surface area (Å²) in [7, 11) is 0. The summed E-state index contributed by atoms with van der Waals surface area (Å²) in [5.41, 5.74) is 5.78. The molecular formula is C6H14Cl2N2. The summed E-state index contributed by atoms with van der Waals surface area (Å²) in [6.45, 7) is 3.74. The van der Waals surface area contributed by atoms with Crippen molar-refractivity contribution < 1.29 is 0 Å². The van der Waals surface area contributed by atoms with Crippen LogP contribution in [0, 0.1) is 5.92 Å². The largest absolute Gasteiger partial charge is 0.326 e. The van der Waals surface area contributed by atoms with Crippen LogP contribution < -0.4 is 5.73 Å². The lowest BCUT2D eigenvalue weighted by Crippen LogP contribution is -2.34. The fraction of sp³-hybridized carbons (Fsp3) is 1.00. The first-order chi connectivity index (χ1) is 3.86. The highest BCUT2D eigenvalue weighted by molar-refractivity contribution is 5.85. The highest BCUT2D eigenvalue weighted by Gasteiger charge is 2.35. The monoisotopic (exact) mass is 184 g/mol. The molecule has 62 valence electrons. The van der Waals surface area contributed by atoms with Crippen LogP contribution in [0.2, 0.25) is 0 Å². The van der Waals surface area contributed by atoms with E-state index in [2.05, 4.69) is 4.90 Å². The van der Waals surface area contributed by atoms with Crippen molar-refractivity contribution in [3.63, 3.8) is 0 Å². The molecule has 2 fully saturated rings. The van der Waals surface area contributed by atoms with Gasteiger partial charge in [-0.1, -0.05) is 0 Å². The Morgan fingerprint density at radius 1 is 1.20 bits per heavy atom. The number of piperidine rings is 1. The Balaban J connectivity index is 0.000000405. The van der Waals surface area contributed by atoms with Crippen LogP contribution in [0.5, 0.6) is 0 Å². The number of fused-ring (bicyclic) bond motifs is 2. The van der Waals surface area contributed by atoms with Gasteiger partial charge in [-0.05, 0) is 18.9 Å². The third kappa shape index (κ3) is 1.56. The molecule has 10 heavy (non-hydrogen) atoms. The molecule has 2 nitrogen and oxygen atoms in total. The van der Waals surface area contributed by atoms with E-state index in [4.69, 9.17) is 5.73 Å². The Bertz CT molecular complexity index is 108. The highest BCUT2D eigenvalue weighted by atomic mass is 35.5. The van der Waals surface area contributed by atoms with E-state index in [1.165, 1.54) is 19.5 Å². The van der Waals surface area contributed by atoms with Crippen LogP contribution in [0.15, 0.2) is 0 Å². The van der Waals surface area contributed by atoms with Gasteiger partial charge in [-0.25, -0.2) is 0 Å². The number of rotatable bonds is 0. The Hall–Kier alpha value is 0.500. The molecule has 0 aromatic heterocycles. The lowest BCUT2D eigenvalue weighted by molar-refractivity contribution is 0.346. The van der Waals surface area contributed by atoms with Gasteiger partial charge in [0.25, 0.3) is 0 Å². The van der Waals surface area contributed by atoms with Crippen molar-refractivity contribution in [3.05, 3.63) is 0 Å². The summed E-state index contributed by atoms with van der Waals surface area (Å²) in [6.07, 6.45) is 1.35. The third-order valence-corrected chi connectivity index (χ3v) is 2.38. The molecule has 2 heterocycles. The summed E-state index contributed by atoms with van der Waals surface area (Å²) in [5, 5.41) is 0. The van der Waals surface area contributed by atoms with E-state index in [-0.39, 0.29) is 24.8 Å². The van der Waals surface area contributed by atoms with Crippen molar-refractivity contribution in [2.75, 3.05) is 19.6 Å². The summed E-state index contributed by atoms with van der Waals surface area (Å²) >= 11 is 0. The third-order valence-electron chi connectivity index (χ3n) is 2.38.